The summed E-state index contributed by atoms with van der Waals surface area (Å²) in [6.07, 6.45) is 5.50. The SMILES string of the molecule is COc1ccc(C2=NN(CC(=O)N[C@@H]3CCCC[C@@H]3C)C(=O)CC2)cc1. The molecule has 6 nitrogen and oxygen atoms in total. The van der Waals surface area contributed by atoms with Gasteiger partial charge in [-0.25, -0.2) is 5.01 Å². The van der Waals surface area contributed by atoms with E-state index >= 15 is 0 Å². The van der Waals surface area contributed by atoms with E-state index in [0.717, 1.165) is 36.3 Å². The second-order valence-electron chi connectivity index (χ2n) is 7.16. The number of ether oxygens (including phenoxy) is 1. The topological polar surface area (TPSA) is 71.0 Å². The fourth-order valence-electron chi connectivity index (χ4n) is 3.63. The summed E-state index contributed by atoms with van der Waals surface area (Å²) >= 11 is 0. The maximum atomic E-state index is 12.4. The molecule has 1 N–H and O–H groups in total. The van der Waals surface area contributed by atoms with Crippen molar-refractivity contribution in [2.24, 2.45) is 11.0 Å². The molecule has 6 heteroatoms. The van der Waals surface area contributed by atoms with Gasteiger partial charge in [-0.2, -0.15) is 5.10 Å². The fraction of sp³-hybridized carbons (Fsp3) is 0.550. The van der Waals surface area contributed by atoms with E-state index in [4.69, 9.17) is 4.74 Å². The van der Waals surface area contributed by atoms with E-state index < -0.39 is 0 Å². The minimum atomic E-state index is -0.128. The standard InChI is InChI=1S/C20H27N3O3/c1-14-5-3-4-6-17(14)21-19(24)13-23-20(25)12-11-18(22-23)15-7-9-16(26-2)10-8-15/h7-10,14,17H,3-6,11-13H2,1-2H3,(H,21,24)/t14-,17+/m0/s1. The molecule has 2 aliphatic rings. The number of hydrazone groups is 1. The summed E-state index contributed by atoms with van der Waals surface area (Å²) in [5.41, 5.74) is 1.77. The number of amides is 2. The van der Waals surface area contributed by atoms with Gasteiger partial charge in [0.15, 0.2) is 0 Å². The van der Waals surface area contributed by atoms with Gasteiger partial charge in [0.05, 0.1) is 12.8 Å². The zero-order valence-electron chi connectivity index (χ0n) is 15.5. The molecule has 1 aliphatic heterocycles. The lowest BCUT2D eigenvalue weighted by atomic mass is 9.86. The number of carbonyl (C=O) groups excluding carboxylic acids is 2. The molecule has 0 spiro atoms. The van der Waals surface area contributed by atoms with Gasteiger partial charge in [0.25, 0.3) is 0 Å². The molecule has 1 saturated carbocycles. The molecule has 3 rings (SSSR count). The number of nitrogens with one attached hydrogen (secondary N) is 1. The highest BCUT2D eigenvalue weighted by Gasteiger charge is 2.26. The Morgan fingerprint density at radius 2 is 1.96 bits per heavy atom. The lowest BCUT2D eigenvalue weighted by Crippen LogP contribution is -2.46. The van der Waals surface area contributed by atoms with Crippen molar-refractivity contribution in [2.75, 3.05) is 13.7 Å². The van der Waals surface area contributed by atoms with E-state index in [2.05, 4.69) is 17.3 Å². The van der Waals surface area contributed by atoms with Crippen molar-refractivity contribution < 1.29 is 14.3 Å². The monoisotopic (exact) mass is 357 g/mol. The lowest BCUT2D eigenvalue weighted by molar-refractivity contribution is -0.136. The number of benzene rings is 1. The molecule has 0 aromatic heterocycles. The Balaban J connectivity index is 1.65. The zero-order valence-corrected chi connectivity index (χ0v) is 15.5. The average Bonchev–Trinajstić information content (AvgIpc) is 2.65. The summed E-state index contributed by atoms with van der Waals surface area (Å²) in [6, 6.07) is 7.80. The van der Waals surface area contributed by atoms with Gasteiger partial charge < -0.3 is 10.1 Å². The van der Waals surface area contributed by atoms with Crippen molar-refractivity contribution in [3.8, 4) is 5.75 Å². The first-order chi connectivity index (χ1) is 12.6. The lowest BCUT2D eigenvalue weighted by Gasteiger charge is -2.30. The van der Waals surface area contributed by atoms with Gasteiger partial charge in [-0.05, 0) is 48.6 Å². The van der Waals surface area contributed by atoms with Crippen LogP contribution in [-0.4, -0.2) is 42.2 Å². The molecular formula is C20H27N3O3. The molecule has 1 heterocycles. The minimum Gasteiger partial charge on any atom is -0.497 e. The molecule has 26 heavy (non-hydrogen) atoms. The Labute approximate surface area is 154 Å². The molecule has 140 valence electrons. The first-order valence-corrected chi connectivity index (χ1v) is 9.38. The highest BCUT2D eigenvalue weighted by atomic mass is 16.5. The van der Waals surface area contributed by atoms with Gasteiger partial charge in [-0.3, -0.25) is 9.59 Å². The zero-order chi connectivity index (χ0) is 18.5. The molecule has 2 amide bonds. The predicted octanol–water partition coefficient (Wildman–Crippen LogP) is 2.72. The maximum absolute atomic E-state index is 12.4. The van der Waals surface area contributed by atoms with Gasteiger partial charge in [-0.1, -0.05) is 19.8 Å². The molecule has 0 unspecified atom stereocenters. The van der Waals surface area contributed by atoms with Gasteiger partial charge >= 0.3 is 0 Å². The van der Waals surface area contributed by atoms with E-state index in [-0.39, 0.29) is 24.4 Å². The third-order valence-corrected chi connectivity index (χ3v) is 5.28. The van der Waals surface area contributed by atoms with Gasteiger partial charge in [0.2, 0.25) is 11.8 Å². The molecule has 1 aliphatic carbocycles. The van der Waals surface area contributed by atoms with Crippen LogP contribution in [0.25, 0.3) is 0 Å². The van der Waals surface area contributed by atoms with Gasteiger partial charge in [-0.15, -0.1) is 0 Å². The Morgan fingerprint density at radius 1 is 1.23 bits per heavy atom. The number of rotatable bonds is 5. The van der Waals surface area contributed by atoms with Crippen LogP contribution in [0.2, 0.25) is 0 Å². The molecule has 0 saturated heterocycles. The molecule has 2 atom stereocenters. The Bertz CT molecular complexity index is 684. The maximum Gasteiger partial charge on any atom is 0.243 e. The van der Waals surface area contributed by atoms with Crippen LogP contribution in [0.3, 0.4) is 0 Å². The summed E-state index contributed by atoms with van der Waals surface area (Å²) in [5, 5.41) is 8.84. The molecular weight excluding hydrogens is 330 g/mol. The summed E-state index contributed by atoms with van der Waals surface area (Å²) in [5.74, 6) is 1.04. The normalized spacial score (nSPS) is 23.4. The summed E-state index contributed by atoms with van der Waals surface area (Å²) in [4.78, 5) is 24.6. The van der Waals surface area contributed by atoms with Crippen LogP contribution < -0.4 is 10.1 Å². The van der Waals surface area contributed by atoms with E-state index in [1.165, 1.54) is 11.4 Å². The number of methoxy groups -OCH3 is 1. The largest absolute Gasteiger partial charge is 0.497 e. The first kappa shape index (κ1) is 18.4. The second kappa shape index (κ2) is 8.34. The Hall–Kier alpha value is -2.37. The highest BCUT2D eigenvalue weighted by Crippen LogP contribution is 2.24. The van der Waals surface area contributed by atoms with Crippen LogP contribution >= 0.6 is 0 Å². The van der Waals surface area contributed by atoms with Crippen molar-refractivity contribution in [3.63, 3.8) is 0 Å². The van der Waals surface area contributed by atoms with E-state index in [1.54, 1.807) is 7.11 Å². The number of carbonyl (C=O) groups is 2. The van der Waals surface area contributed by atoms with Crippen LogP contribution in [0.15, 0.2) is 29.4 Å². The van der Waals surface area contributed by atoms with Crippen LogP contribution in [0.5, 0.6) is 5.75 Å². The second-order valence-corrected chi connectivity index (χ2v) is 7.16. The van der Waals surface area contributed by atoms with Crippen molar-refractivity contribution in [2.45, 2.75) is 51.5 Å². The van der Waals surface area contributed by atoms with Gasteiger partial charge in [0.1, 0.15) is 12.3 Å². The minimum absolute atomic E-state index is 0.0122. The van der Waals surface area contributed by atoms with Crippen LogP contribution in [-0.2, 0) is 9.59 Å². The summed E-state index contributed by atoms with van der Waals surface area (Å²) in [6.45, 7) is 2.16. The van der Waals surface area contributed by atoms with Crippen molar-refractivity contribution >= 4 is 17.5 Å². The van der Waals surface area contributed by atoms with E-state index in [1.807, 2.05) is 24.3 Å². The molecule has 1 aromatic carbocycles. The van der Waals surface area contributed by atoms with Crippen LogP contribution in [0.4, 0.5) is 0 Å². The Morgan fingerprint density at radius 3 is 2.65 bits per heavy atom. The smallest absolute Gasteiger partial charge is 0.243 e. The first-order valence-electron chi connectivity index (χ1n) is 9.38. The van der Waals surface area contributed by atoms with E-state index in [9.17, 15) is 9.59 Å². The third kappa shape index (κ3) is 4.42. The van der Waals surface area contributed by atoms with Crippen molar-refractivity contribution in [1.29, 1.82) is 0 Å². The van der Waals surface area contributed by atoms with E-state index in [0.29, 0.717) is 18.8 Å². The quantitative estimate of drug-likeness (QED) is 0.881. The van der Waals surface area contributed by atoms with Crippen molar-refractivity contribution in [1.82, 2.24) is 10.3 Å². The third-order valence-electron chi connectivity index (χ3n) is 5.28. The molecule has 1 aromatic rings. The Kier molecular flexibility index (Phi) is 5.91. The summed E-state index contributed by atoms with van der Waals surface area (Å²) in [7, 11) is 1.62. The molecule has 1 fully saturated rings. The predicted molar refractivity (Wildman–Crippen MR) is 100 cm³/mol. The number of hydrogen-bond donors (Lipinski definition) is 1. The van der Waals surface area contributed by atoms with Gasteiger partial charge in [0, 0.05) is 18.9 Å². The number of hydrogen-bond acceptors (Lipinski definition) is 4. The van der Waals surface area contributed by atoms with Crippen LogP contribution in [0.1, 0.15) is 51.0 Å². The van der Waals surface area contributed by atoms with Crippen LogP contribution in [0, 0.1) is 5.92 Å². The summed E-state index contributed by atoms with van der Waals surface area (Å²) < 4.78 is 5.17. The highest BCUT2D eigenvalue weighted by molar-refractivity contribution is 6.04. The fourth-order valence-corrected chi connectivity index (χ4v) is 3.63. The average molecular weight is 357 g/mol. The molecule has 0 radical (unpaired) electrons. The molecule has 0 bridgehead atoms. The number of nitrogens with zero attached hydrogens (tertiary/aromatic N) is 2. The van der Waals surface area contributed by atoms with Crippen molar-refractivity contribution in [3.05, 3.63) is 29.8 Å².